The lowest BCUT2D eigenvalue weighted by molar-refractivity contribution is 0.0504. The van der Waals surface area contributed by atoms with Crippen LogP contribution in [0.1, 0.15) is 113 Å². The molecule has 1 saturated carbocycles. The van der Waals surface area contributed by atoms with E-state index in [1.165, 1.54) is 6.07 Å². The first-order valence-electron chi connectivity index (χ1n) is 16.0. The summed E-state index contributed by atoms with van der Waals surface area (Å²) in [6.07, 6.45) is 4.17. The fraction of sp³-hybridized carbons (Fsp3) is 0.727. The zero-order valence-electron chi connectivity index (χ0n) is 29.1. The van der Waals surface area contributed by atoms with E-state index < -0.39 is 26.0 Å². The molecule has 9 nitrogen and oxygen atoms in total. The number of carbonyl (C=O) groups excluding carboxylic acids is 1. The first-order chi connectivity index (χ1) is 20.1. The third-order valence-electron chi connectivity index (χ3n) is 8.27. The van der Waals surface area contributed by atoms with Gasteiger partial charge in [-0.05, 0) is 98.7 Å². The number of hydrogen-bond acceptors (Lipinski definition) is 7. The van der Waals surface area contributed by atoms with E-state index in [1.807, 2.05) is 32.4 Å². The van der Waals surface area contributed by atoms with E-state index in [9.17, 15) is 9.18 Å². The summed E-state index contributed by atoms with van der Waals surface area (Å²) in [5.74, 6) is 0.672. The summed E-state index contributed by atoms with van der Waals surface area (Å²) in [4.78, 5) is 15.9. The van der Waals surface area contributed by atoms with Gasteiger partial charge >= 0.3 is 6.09 Å². The molecule has 1 amide bonds. The molecule has 0 spiro atoms. The van der Waals surface area contributed by atoms with E-state index in [0.717, 1.165) is 30.8 Å². The Morgan fingerprint density at radius 2 is 1.77 bits per heavy atom. The van der Waals surface area contributed by atoms with Crippen LogP contribution in [-0.4, -0.2) is 53.5 Å². The molecule has 3 rings (SSSR count). The number of alkyl carbamates (subject to hydrolysis) is 1. The van der Waals surface area contributed by atoms with Crippen LogP contribution in [0, 0.1) is 5.95 Å². The summed E-state index contributed by atoms with van der Waals surface area (Å²) in [6.45, 7) is 25.5. The van der Waals surface area contributed by atoms with Gasteiger partial charge in [0, 0.05) is 42.0 Å². The highest BCUT2D eigenvalue weighted by Gasteiger charge is 2.41. The zero-order valence-corrected chi connectivity index (χ0v) is 30.1. The predicted molar refractivity (Wildman–Crippen MR) is 177 cm³/mol. The predicted octanol–water partition coefficient (Wildman–Crippen LogP) is 8.65. The Morgan fingerprint density at radius 1 is 1.09 bits per heavy atom. The molecule has 0 saturated heterocycles. The number of rotatable bonds is 11. The summed E-state index contributed by atoms with van der Waals surface area (Å²) in [5, 5.41) is 11.4. The van der Waals surface area contributed by atoms with Crippen molar-refractivity contribution in [2.45, 2.75) is 149 Å². The molecule has 248 valence electrons. The molecule has 1 aliphatic rings. The third-order valence-corrected chi connectivity index (χ3v) is 12.8. The maximum Gasteiger partial charge on any atom is 0.407 e. The van der Waals surface area contributed by atoms with Crippen molar-refractivity contribution in [2.24, 2.45) is 0 Å². The highest BCUT2D eigenvalue weighted by Crippen LogP contribution is 2.43. The standard InChI is InChI=1S/C33H56FN5O4Si/c1-22(35-30(40)42-32(5,6)7)14-13-17-41-29-20-24(19-27(34)37-29)36-28-21-26(38-39(28)31(2,3)4)23-15-16-25(18-23)43-44(11,12)33(8,9)10/h19-23,25H,13-18H2,1-12H3,(H,35,40)(H,36,37)/t22-,23-,25+/m0/s1. The van der Waals surface area contributed by atoms with Gasteiger partial charge in [-0.1, -0.05) is 20.8 Å². The molecular weight excluding hydrogens is 577 g/mol. The van der Waals surface area contributed by atoms with Crippen LogP contribution in [0.25, 0.3) is 0 Å². The normalized spacial score (nSPS) is 18.7. The Kier molecular flexibility index (Phi) is 11.2. The quantitative estimate of drug-likeness (QED) is 0.145. The lowest BCUT2D eigenvalue weighted by Crippen LogP contribution is -2.43. The van der Waals surface area contributed by atoms with E-state index in [2.05, 4.69) is 76.3 Å². The molecule has 11 heteroatoms. The molecule has 2 aromatic heterocycles. The van der Waals surface area contributed by atoms with Crippen LogP contribution in [0.4, 0.5) is 20.7 Å². The number of hydrogen-bond donors (Lipinski definition) is 2. The van der Waals surface area contributed by atoms with E-state index in [0.29, 0.717) is 31.1 Å². The zero-order chi connectivity index (χ0) is 33.1. The molecule has 44 heavy (non-hydrogen) atoms. The lowest BCUT2D eigenvalue weighted by Gasteiger charge is -2.38. The van der Waals surface area contributed by atoms with Crippen molar-refractivity contribution in [2.75, 3.05) is 11.9 Å². The maximum absolute atomic E-state index is 14.6. The summed E-state index contributed by atoms with van der Waals surface area (Å²) < 4.78 is 34.4. The van der Waals surface area contributed by atoms with Gasteiger partial charge in [0.2, 0.25) is 11.8 Å². The SMILES string of the molecule is C[C@@H](CCCOc1cc(Nc2cc([C@H]3CC[C@@H](O[Si](C)(C)C(C)(C)C)C3)nn2C(C)(C)C)cc(F)n1)NC(=O)OC(C)(C)C. The number of carbonyl (C=O) groups is 1. The van der Waals surface area contributed by atoms with Crippen LogP contribution < -0.4 is 15.4 Å². The highest BCUT2D eigenvalue weighted by atomic mass is 28.4. The van der Waals surface area contributed by atoms with Crippen LogP contribution in [0.5, 0.6) is 5.88 Å². The van der Waals surface area contributed by atoms with Crippen molar-refractivity contribution in [1.82, 2.24) is 20.1 Å². The van der Waals surface area contributed by atoms with Gasteiger partial charge in [0.15, 0.2) is 8.32 Å². The largest absolute Gasteiger partial charge is 0.478 e. The maximum atomic E-state index is 14.6. The monoisotopic (exact) mass is 633 g/mol. The number of nitrogens with zero attached hydrogens (tertiary/aromatic N) is 3. The minimum Gasteiger partial charge on any atom is -0.478 e. The Hall–Kier alpha value is -2.66. The van der Waals surface area contributed by atoms with Crippen LogP contribution in [0.15, 0.2) is 18.2 Å². The number of amides is 1. The van der Waals surface area contributed by atoms with Crippen LogP contribution >= 0.6 is 0 Å². The van der Waals surface area contributed by atoms with Gasteiger partial charge < -0.3 is 24.5 Å². The first kappa shape index (κ1) is 35.8. The number of anilines is 2. The highest BCUT2D eigenvalue weighted by molar-refractivity contribution is 6.74. The summed E-state index contributed by atoms with van der Waals surface area (Å²) >= 11 is 0. The average Bonchev–Trinajstić information content (AvgIpc) is 3.46. The molecule has 3 atom stereocenters. The van der Waals surface area contributed by atoms with E-state index in [1.54, 1.807) is 6.07 Å². The fourth-order valence-electron chi connectivity index (χ4n) is 5.02. The van der Waals surface area contributed by atoms with Gasteiger partial charge in [-0.25, -0.2) is 9.48 Å². The topological polar surface area (TPSA) is 99.5 Å². The molecule has 1 fully saturated rings. The van der Waals surface area contributed by atoms with Crippen LogP contribution in [0.2, 0.25) is 18.1 Å². The van der Waals surface area contributed by atoms with Crippen molar-refractivity contribution >= 4 is 25.9 Å². The van der Waals surface area contributed by atoms with Crippen molar-refractivity contribution in [3.63, 3.8) is 0 Å². The molecule has 1 aliphatic carbocycles. The van der Waals surface area contributed by atoms with Gasteiger partial charge in [0.1, 0.15) is 11.4 Å². The minimum absolute atomic E-state index is 0.0909. The number of ether oxygens (including phenoxy) is 2. The molecule has 2 aromatic rings. The molecule has 0 unspecified atom stereocenters. The Bertz CT molecular complexity index is 1260. The van der Waals surface area contributed by atoms with Crippen molar-refractivity contribution in [1.29, 1.82) is 0 Å². The summed E-state index contributed by atoms with van der Waals surface area (Å²) in [5.41, 5.74) is 0.733. The lowest BCUT2D eigenvalue weighted by atomic mass is 10.0. The molecule has 0 bridgehead atoms. The number of aromatic nitrogens is 3. The number of pyridine rings is 1. The van der Waals surface area contributed by atoms with E-state index in [-0.39, 0.29) is 28.6 Å². The smallest absolute Gasteiger partial charge is 0.407 e. The molecule has 0 aliphatic heterocycles. The molecule has 2 heterocycles. The van der Waals surface area contributed by atoms with Gasteiger partial charge in [-0.2, -0.15) is 14.5 Å². The third kappa shape index (κ3) is 10.5. The van der Waals surface area contributed by atoms with E-state index in [4.69, 9.17) is 19.0 Å². The Morgan fingerprint density at radius 3 is 2.39 bits per heavy atom. The first-order valence-corrected chi connectivity index (χ1v) is 18.9. The van der Waals surface area contributed by atoms with E-state index >= 15 is 0 Å². The van der Waals surface area contributed by atoms with Crippen molar-refractivity contribution in [3.05, 3.63) is 29.8 Å². The number of halogens is 1. The van der Waals surface area contributed by atoms with Crippen molar-refractivity contribution < 1.29 is 23.1 Å². The average molecular weight is 634 g/mol. The Balaban J connectivity index is 1.64. The van der Waals surface area contributed by atoms with Crippen molar-refractivity contribution in [3.8, 4) is 5.88 Å². The molecule has 2 N–H and O–H groups in total. The Labute approximate surface area is 265 Å². The van der Waals surface area contributed by atoms with Gasteiger partial charge in [-0.15, -0.1) is 0 Å². The fourth-order valence-corrected chi connectivity index (χ4v) is 6.42. The van der Waals surface area contributed by atoms with Crippen LogP contribution in [0.3, 0.4) is 0 Å². The molecular formula is C33H56FN5O4Si. The summed E-state index contributed by atoms with van der Waals surface area (Å²) in [6, 6.07) is 5.05. The van der Waals surface area contributed by atoms with Gasteiger partial charge in [0.05, 0.1) is 17.8 Å². The second-order valence-corrected chi connectivity index (χ2v) is 20.5. The molecule has 0 radical (unpaired) electrons. The number of nitrogens with one attached hydrogen (secondary N) is 2. The van der Waals surface area contributed by atoms with Gasteiger partial charge in [-0.3, -0.25) is 0 Å². The van der Waals surface area contributed by atoms with Gasteiger partial charge in [0.25, 0.3) is 0 Å². The minimum atomic E-state index is -1.84. The van der Waals surface area contributed by atoms with Crippen LogP contribution in [-0.2, 0) is 14.7 Å². The molecule has 0 aromatic carbocycles. The summed E-state index contributed by atoms with van der Waals surface area (Å²) in [7, 11) is -1.84. The second-order valence-electron chi connectivity index (χ2n) is 15.7. The second kappa shape index (κ2) is 13.8.